The number of phenolic OH excluding ortho intramolecular Hbond substituents is 2. The van der Waals surface area contributed by atoms with Crippen molar-refractivity contribution in [3.63, 3.8) is 0 Å². The van der Waals surface area contributed by atoms with E-state index in [0.717, 1.165) is 5.56 Å². The van der Waals surface area contributed by atoms with Crippen LogP contribution in [0.1, 0.15) is 24.1 Å². The second kappa shape index (κ2) is 6.35. The van der Waals surface area contributed by atoms with Gasteiger partial charge in [0, 0.05) is 28.2 Å². The van der Waals surface area contributed by atoms with Gasteiger partial charge in [0.1, 0.15) is 0 Å². The standard InChI is InChI=1S/C15H15Cl2NO2/c1-9(12-6-5-11(16)7-13(12)17)18-8-10-3-2-4-14(19)15(10)20/h2-7,9,18-20H,8H2,1H3. The number of halogens is 2. The zero-order chi connectivity index (χ0) is 14.7. The summed E-state index contributed by atoms with van der Waals surface area (Å²) in [6.07, 6.45) is 0. The van der Waals surface area contributed by atoms with E-state index < -0.39 is 0 Å². The Morgan fingerprint density at radius 1 is 1.15 bits per heavy atom. The molecule has 2 aromatic rings. The Kier molecular flexibility index (Phi) is 4.76. The van der Waals surface area contributed by atoms with E-state index in [1.165, 1.54) is 6.07 Å². The molecule has 0 aliphatic rings. The molecule has 1 unspecified atom stereocenters. The Morgan fingerprint density at radius 2 is 1.90 bits per heavy atom. The SMILES string of the molecule is CC(NCc1cccc(O)c1O)c1ccc(Cl)cc1Cl. The molecule has 5 heteroatoms. The van der Waals surface area contributed by atoms with Crippen molar-refractivity contribution < 1.29 is 10.2 Å². The summed E-state index contributed by atoms with van der Waals surface area (Å²) in [5, 5.41) is 23.6. The molecule has 0 spiro atoms. The third-order valence-electron chi connectivity index (χ3n) is 3.13. The molecule has 0 aliphatic heterocycles. The van der Waals surface area contributed by atoms with Crippen molar-refractivity contribution in [2.24, 2.45) is 0 Å². The van der Waals surface area contributed by atoms with Crippen molar-refractivity contribution in [3.8, 4) is 11.5 Å². The zero-order valence-electron chi connectivity index (χ0n) is 10.9. The topological polar surface area (TPSA) is 52.5 Å². The van der Waals surface area contributed by atoms with E-state index in [9.17, 15) is 10.2 Å². The number of rotatable bonds is 4. The average molecular weight is 312 g/mol. The highest BCUT2D eigenvalue weighted by molar-refractivity contribution is 6.35. The van der Waals surface area contributed by atoms with Crippen molar-refractivity contribution in [2.75, 3.05) is 0 Å². The molecule has 3 N–H and O–H groups in total. The number of aromatic hydroxyl groups is 2. The third kappa shape index (κ3) is 3.37. The fraction of sp³-hybridized carbons (Fsp3) is 0.200. The summed E-state index contributed by atoms with van der Waals surface area (Å²) in [5.74, 6) is -0.226. The predicted octanol–water partition coefficient (Wildman–Crippen LogP) is 4.26. The van der Waals surface area contributed by atoms with Crippen LogP contribution in [0.5, 0.6) is 11.5 Å². The van der Waals surface area contributed by atoms with Gasteiger partial charge in [-0.15, -0.1) is 0 Å². The van der Waals surface area contributed by atoms with Crippen LogP contribution < -0.4 is 5.32 Å². The Bertz CT molecular complexity index is 617. The summed E-state index contributed by atoms with van der Waals surface area (Å²) in [5.41, 5.74) is 1.55. The summed E-state index contributed by atoms with van der Waals surface area (Å²) in [6.45, 7) is 2.38. The van der Waals surface area contributed by atoms with Gasteiger partial charge in [0.25, 0.3) is 0 Å². The summed E-state index contributed by atoms with van der Waals surface area (Å²) in [4.78, 5) is 0. The fourth-order valence-electron chi connectivity index (χ4n) is 1.95. The molecule has 2 aromatic carbocycles. The number of benzene rings is 2. The quantitative estimate of drug-likeness (QED) is 0.740. The van der Waals surface area contributed by atoms with E-state index in [-0.39, 0.29) is 17.5 Å². The highest BCUT2D eigenvalue weighted by Gasteiger charge is 2.11. The summed E-state index contributed by atoms with van der Waals surface area (Å²) < 4.78 is 0. The maximum absolute atomic E-state index is 9.74. The van der Waals surface area contributed by atoms with E-state index in [4.69, 9.17) is 23.2 Å². The molecule has 2 rings (SSSR count). The van der Waals surface area contributed by atoms with Crippen molar-refractivity contribution in [1.29, 1.82) is 0 Å². The first kappa shape index (κ1) is 15.0. The maximum Gasteiger partial charge on any atom is 0.161 e. The lowest BCUT2D eigenvalue weighted by atomic mass is 10.1. The van der Waals surface area contributed by atoms with E-state index in [2.05, 4.69) is 5.32 Å². The molecule has 0 aromatic heterocycles. The zero-order valence-corrected chi connectivity index (χ0v) is 12.4. The van der Waals surface area contributed by atoms with E-state index >= 15 is 0 Å². The molecule has 0 radical (unpaired) electrons. The van der Waals surface area contributed by atoms with Crippen LogP contribution in [0.25, 0.3) is 0 Å². The Hall–Kier alpha value is -1.42. The molecule has 0 fully saturated rings. The minimum absolute atomic E-state index is 0.0125. The molecule has 0 bridgehead atoms. The summed E-state index contributed by atoms with van der Waals surface area (Å²) in [7, 11) is 0. The minimum Gasteiger partial charge on any atom is -0.504 e. The van der Waals surface area contributed by atoms with Gasteiger partial charge in [-0.1, -0.05) is 41.4 Å². The van der Waals surface area contributed by atoms with Crippen LogP contribution in [0.15, 0.2) is 36.4 Å². The van der Waals surface area contributed by atoms with Gasteiger partial charge in [0.15, 0.2) is 11.5 Å². The molecule has 0 amide bonds. The van der Waals surface area contributed by atoms with E-state index in [1.54, 1.807) is 24.3 Å². The largest absolute Gasteiger partial charge is 0.504 e. The summed E-state index contributed by atoms with van der Waals surface area (Å²) >= 11 is 12.0. The van der Waals surface area contributed by atoms with Crippen LogP contribution in [-0.2, 0) is 6.54 Å². The fourth-order valence-corrected chi connectivity index (χ4v) is 2.52. The Morgan fingerprint density at radius 3 is 2.60 bits per heavy atom. The lowest BCUT2D eigenvalue weighted by Crippen LogP contribution is -2.18. The van der Waals surface area contributed by atoms with Crippen LogP contribution in [-0.4, -0.2) is 10.2 Å². The molecule has 0 aliphatic carbocycles. The van der Waals surface area contributed by atoms with Crippen LogP contribution in [0.3, 0.4) is 0 Å². The van der Waals surface area contributed by atoms with Gasteiger partial charge in [0.05, 0.1) is 0 Å². The molecule has 0 saturated heterocycles. The van der Waals surface area contributed by atoms with Crippen molar-refractivity contribution >= 4 is 23.2 Å². The van der Waals surface area contributed by atoms with Gasteiger partial charge < -0.3 is 15.5 Å². The van der Waals surface area contributed by atoms with Crippen molar-refractivity contribution in [3.05, 3.63) is 57.6 Å². The van der Waals surface area contributed by atoms with Gasteiger partial charge in [-0.2, -0.15) is 0 Å². The number of para-hydroxylation sites is 1. The van der Waals surface area contributed by atoms with Crippen LogP contribution in [0.4, 0.5) is 0 Å². The third-order valence-corrected chi connectivity index (χ3v) is 3.69. The van der Waals surface area contributed by atoms with Crippen LogP contribution in [0.2, 0.25) is 10.0 Å². The molecule has 20 heavy (non-hydrogen) atoms. The molecular formula is C15H15Cl2NO2. The number of hydrogen-bond donors (Lipinski definition) is 3. The van der Waals surface area contributed by atoms with Gasteiger partial charge in [-0.3, -0.25) is 0 Å². The highest BCUT2D eigenvalue weighted by atomic mass is 35.5. The lowest BCUT2D eigenvalue weighted by molar-refractivity contribution is 0.396. The lowest BCUT2D eigenvalue weighted by Gasteiger charge is -2.16. The molecular weight excluding hydrogens is 297 g/mol. The molecule has 3 nitrogen and oxygen atoms in total. The Labute approximate surface area is 127 Å². The van der Waals surface area contributed by atoms with Crippen molar-refractivity contribution in [2.45, 2.75) is 19.5 Å². The molecule has 106 valence electrons. The van der Waals surface area contributed by atoms with Gasteiger partial charge in [-0.05, 0) is 30.7 Å². The van der Waals surface area contributed by atoms with Crippen LogP contribution >= 0.6 is 23.2 Å². The molecule has 0 saturated carbocycles. The van der Waals surface area contributed by atoms with Gasteiger partial charge >= 0.3 is 0 Å². The number of nitrogens with one attached hydrogen (secondary N) is 1. The van der Waals surface area contributed by atoms with Crippen LogP contribution in [0, 0.1) is 0 Å². The van der Waals surface area contributed by atoms with Gasteiger partial charge in [0.2, 0.25) is 0 Å². The number of phenols is 2. The highest BCUT2D eigenvalue weighted by Crippen LogP contribution is 2.30. The van der Waals surface area contributed by atoms with E-state index in [0.29, 0.717) is 22.2 Å². The van der Waals surface area contributed by atoms with E-state index in [1.807, 2.05) is 13.0 Å². The second-order valence-electron chi connectivity index (χ2n) is 4.55. The minimum atomic E-state index is -0.124. The normalized spacial score (nSPS) is 12.3. The van der Waals surface area contributed by atoms with Crippen molar-refractivity contribution in [1.82, 2.24) is 5.32 Å². The average Bonchev–Trinajstić information content (AvgIpc) is 2.40. The predicted molar refractivity (Wildman–Crippen MR) is 81.5 cm³/mol. The first-order valence-electron chi connectivity index (χ1n) is 6.17. The molecule has 1 atom stereocenters. The van der Waals surface area contributed by atoms with Gasteiger partial charge in [-0.25, -0.2) is 0 Å². The first-order valence-corrected chi connectivity index (χ1v) is 6.92. The smallest absolute Gasteiger partial charge is 0.161 e. The second-order valence-corrected chi connectivity index (χ2v) is 5.40. The monoisotopic (exact) mass is 311 g/mol. The number of hydrogen-bond acceptors (Lipinski definition) is 3. The summed E-state index contributed by atoms with van der Waals surface area (Å²) in [6, 6.07) is 10.2. The molecule has 0 heterocycles. The Balaban J connectivity index is 2.08. The maximum atomic E-state index is 9.74. The first-order chi connectivity index (χ1) is 9.49.